The lowest BCUT2D eigenvalue weighted by Gasteiger charge is -2.06. The van der Waals surface area contributed by atoms with E-state index in [9.17, 15) is 17.2 Å². The maximum atomic E-state index is 14.3. The van der Waals surface area contributed by atoms with Crippen molar-refractivity contribution in [1.82, 2.24) is 4.57 Å². The third kappa shape index (κ3) is 3.81. The van der Waals surface area contributed by atoms with E-state index in [2.05, 4.69) is 4.40 Å². The van der Waals surface area contributed by atoms with Crippen LogP contribution in [-0.4, -0.2) is 26.2 Å². The molecule has 0 saturated carbocycles. The number of sulfonamides is 1. The van der Waals surface area contributed by atoms with E-state index in [0.717, 1.165) is 34.8 Å². The third-order valence-corrected chi connectivity index (χ3v) is 7.09. The van der Waals surface area contributed by atoms with Crippen molar-refractivity contribution in [1.29, 1.82) is 0 Å². The van der Waals surface area contributed by atoms with Crippen LogP contribution in [0.15, 0.2) is 38.3 Å². The third-order valence-electron chi connectivity index (χ3n) is 3.31. The fourth-order valence-corrected chi connectivity index (χ4v) is 5.53. The van der Waals surface area contributed by atoms with Crippen molar-refractivity contribution in [2.24, 2.45) is 4.40 Å². The van der Waals surface area contributed by atoms with Gasteiger partial charge in [0.15, 0.2) is 5.82 Å². The summed E-state index contributed by atoms with van der Waals surface area (Å²) in [6.45, 7) is 2.75. The second kappa shape index (κ2) is 7.32. The predicted molar refractivity (Wildman–Crippen MR) is 93.3 cm³/mol. The summed E-state index contributed by atoms with van der Waals surface area (Å²) in [6.07, 6.45) is 0. The monoisotopic (exact) mass is 404 g/mol. The Balaban J connectivity index is 2.21. The summed E-state index contributed by atoms with van der Waals surface area (Å²) in [5, 5.41) is 1.63. The molecule has 0 aliphatic carbocycles. The molecule has 0 spiro atoms. The largest absolute Gasteiger partial charge is 0.380 e. The van der Waals surface area contributed by atoms with E-state index >= 15 is 0 Å². The SMILES string of the molecule is CCOCCn1c(=NS(=O)(=O)c2cccs2)sc2cc(F)cc(F)c21. The summed E-state index contributed by atoms with van der Waals surface area (Å²) in [4.78, 5) is 0.0765. The van der Waals surface area contributed by atoms with Crippen LogP contribution in [0.3, 0.4) is 0 Å². The van der Waals surface area contributed by atoms with Gasteiger partial charge in [-0.3, -0.25) is 0 Å². The van der Waals surface area contributed by atoms with E-state index in [-0.39, 0.29) is 32.4 Å². The molecule has 25 heavy (non-hydrogen) atoms. The Morgan fingerprint density at radius 3 is 2.80 bits per heavy atom. The lowest BCUT2D eigenvalue weighted by atomic mass is 10.3. The molecule has 0 saturated heterocycles. The van der Waals surface area contributed by atoms with Gasteiger partial charge >= 0.3 is 0 Å². The smallest absolute Gasteiger partial charge is 0.294 e. The van der Waals surface area contributed by atoms with Crippen molar-refractivity contribution >= 4 is 42.9 Å². The molecule has 0 aliphatic rings. The molecular formula is C15H14F2N2O3S3. The minimum atomic E-state index is -3.92. The van der Waals surface area contributed by atoms with Crippen molar-refractivity contribution in [3.05, 3.63) is 46.1 Å². The van der Waals surface area contributed by atoms with Crippen LogP contribution in [0.2, 0.25) is 0 Å². The molecule has 0 unspecified atom stereocenters. The predicted octanol–water partition coefficient (Wildman–Crippen LogP) is 3.37. The molecule has 0 aliphatic heterocycles. The van der Waals surface area contributed by atoms with Crippen LogP contribution in [0.25, 0.3) is 10.2 Å². The van der Waals surface area contributed by atoms with E-state index in [0.29, 0.717) is 6.61 Å². The Labute approximate surface area is 150 Å². The number of nitrogens with zero attached hydrogens (tertiary/aromatic N) is 2. The Bertz CT molecular complexity index is 1050. The van der Waals surface area contributed by atoms with Crippen LogP contribution in [0.5, 0.6) is 0 Å². The van der Waals surface area contributed by atoms with Crippen LogP contribution >= 0.6 is 22.7 Å². The van der Waals surface area contributed by atoms with Crippen LogP contribution in [-0.2, 0) is 21.3 Å². The van der Waals surface area contributed by atoms with Gasteiger partial charge in [0.2, 0.25) is 4.80 Å². The van der Waals surface area contributed by atoms with Crippen LogP contribution in [0, 0.1) is 11.6 Å². The zero-order chi connectivity index (χ0) is 18.0. The van der Waals surface area contributed by atoms with Gasteiger partial charge in [-0.05, 0) is 24.4 Å². The molecule has 0 fully saturated rings. The highest BCUT2D eigenvalue weighted by molar-refractivity contribution is 7.92. The molecule has 1 aromatic carbocycles. The van der Waals surface area contributed by atoms with Gasteiger partial charge in [0, 0.05) is 19.2 Å². The van der Waals surface area contributed by atoms with Gasteiger partial charge in [0.05, 0.1) is 16.8 Å². The average molecular weight is 404 g/mol. The zero-order valence-corrected chi connectivity index (χ0v) is 15.6. The standard InChI is InChI=1S/C15H14F2N2O3S3/c1-2-22-6-5-19-14-11(17)8-10(16)9-12(14)24-15(19)18-25(20,21)13-4-3-7-23-13/h3-4,7-9H,2,5-6H2,1H3. The molecular weight excluding hydrogens is 390 g/mol. The van der Waals surface area contributed by atoms with Gasteiger partial charge in [-0.1, -0.05) is 17.4 Å². The zero-order valence-electron chi connectivity index (χ0n) is 13.1. The second-order valence-corrected chi connectivity index (χ2v) is 8.75. The van der Waals surface area contributed by atoms with Gasteiger partial charge in [-0.2, -0.15) is 8.42 Å². The second-order valence-electron chi connectivity index (χ2n) is 4.97. The first kappa shape index (κ1) is 18.2. The van der Waals surface area contributed by atoms with E-state index in [1.54, 1.807) is 11.4 Å². The number of rotatable bonds is 6. The molecule has 0 atom stereocenters. The van der Waals surface area contributed by atoms with Gasteiger partial charge in [0.25, 0.3) is 10.0 Å². The summed E-state index contributed by atoms with van der Waals surface area (Å²) in [5.74, 6) is -1.49. The Kier molecular flexibility index (Phi) is 5.32. The molecule has 0 N–H and O–H groups in total. The summed E-state index contributed by atoms with van der Waals surface area (Å²) in [7, 11) is -3.92. The Morgan fingerprint density at radius 1 is 1.32 bits per heavy atom. The number of thiophene rings is 1. The fourth-order valence-electron chi connectivity index (χ4n) is 2.26. The number of benzene rings is 1. The summed E-state index contributed by atoms with van der Waals surface area (Å²) in [5.41, 5.74) is 0.117. The van der Waals surface area contributed by atoms with E-state index in [1.165, 1.54) is 10.6 Å². The van der Waals surface area contributed by atoms with Crippen molar-refractivity contribution in [3.8, 4) is 0 Å². The number of thiazole rings is 1. The van der Waals surface area contributed by atoms with Gasteiger partial charge in [0.1, 0.15) is 10.0 Å². The summed E-state index contributed by atoms with van der Waals surface area (Å²) < 4.78 is 63.5. The normalized spacial score (nSPS) is 13.0. The van der Waals surface area contributed by atoms with Crippen LogP contribution in [0.1, 0.15) is 6.92 Å². The lowest BCUT2D eigenvalue weighted by Crippen LogP contribution is -2.20. The molecule has 3 rings (SSSR count). The topological polar surface area (TPSA) is 60.7 Å². The molecule has 2 aromatic heterocycles. The highest BCUT2D eigenvalue weighted by Gasteiger charge is 2.18. The maximum absolute atomic E-state index is 14.3. The van der Waals surface area contributed by atoms with E-state index in [1.807, 2.05) is 6.92 Å². The molecule has 134 valence electrons. The molecule has 3 aromatic rings. The number of aromatic nitrogens is 1. The molecule has 5 nitrogen and oxygen atoms in total. The minimum Gasteiger partial charge on any atom is -0.380 e. The maximum Gasteiger partial charge on any atom is 0.294 e. The highest BCUT2D eigenvalue weighted by Crippen LogP contribution is 2.23. The van der Waals surface area contributed by atoms with E-state index < -0.39 is 21.7 Å². The number of fused-ring (bicyclic) bond motifs is 1. The lowest BCUT2D eigenvalue weighted by molar-refractivity contribution is 0.139. The molecule has 0 bridgehead atoms. The number of hydrogen-bond acceptors (Lipinski definition) is 5. The number of halogens is 2. The Hall–Kier alpha value is -1.62. The summed E-state index contributed by atoms with van der Waals surface area (Å²) >= 11 is 1.96. The van der Waals surface area contributed by atoms with Crippen molar-refractivity contribution in [3.63, 3.8) is 0 Å². The fraction of sp³-hybridized carbons (Fsp3) is 0.267. The van der Waals surface area contributed by atoms with Crippen LogP contribution in [0.4, 0.5) is 8.78 Å². The molecule has 0 radical (unpaired) electrons. The van der Waals surface area contributed by atoms with Gasteiger partial charge in [-0.25, -0.2) is 8.78 Å². The van der Waals surface area contributed by atoms with Gasteiger partial charge in [-0.15, -0.1) is 15.7 Å². The van der Waals surface area contributed by atoms with Crippen molar-refractivity contribution < 1.29 is 21.9 Å². The quantitative estimate of drug-likeness (QED) is 0.592. The molecule has 0 amide bonds. The molecule has 10 heteroatoms. The van der Waals surface area contributed by atoms with Crippen molar-refractivity contribution in [2.45, 2.75) is 17.7 Å². The first-order valence-corrected chi connectivity index (χ1v) is 10.5. The first-order valence-electron chi connectivity index (χ1n) is 7.33. The minimum absolute atomic E-state index is 0.0765. The van der Waals surface area contributed by atoms with E-state index in [4.69, 9.17) is 4.74 Å². The first-order chi connectivity index (χ1) is 11.9. The number of ether oxygens (including phenoxy) is 1. The highest BCUT2D eigenvalue weighted by atomic mass is 32.2. The van der Waals surface area contributed by atoms with Crippen LogP contribution < -0.4 is 4.80 Å². The average Bonchev–Trinajstić information content (AvgIpc) is 3.16. The summed E-state index contributed by atoms with van der Waals surface area (Å²) in [6, 6.07) is 4.98. The van der Waals surface area contributed by atoms with Gasteiger partial charge < -0.3 is 9.30 Å². The molecule has 2 heterocycles. The Morgan fingerprint density at radius 2 is 2.12 bits per heavy atom. The van der Waals surface area contributed by atoms with Crippen molar-refractivity contribution in [2.75, 3.05) is 13.2 Å². The number of hydrogen-bond donors (Lipinski definition) is 0.